The zero-order valence-electron chi connectivity index (χ0n) is 15.0. The fourth-order valence-corrected chi connectivity index (χ4v) is 2.94. The Morgan fingerprint density at radius 2 is 1.96 bits per heavy atom. The number of nitrogens with one attached hydrogen (secondary N) is 1. The molecule has 0 saturated carbocycles. The van der Waals surface area contributed by atoms with Crippen LogP contribution in [0.25, 0.3) is 0 Å². The van der Waals surface area contributed by atoms with E-state index in [0.29, 0.717) is 19.5 Å². The molecule has 2 amide bonds. The van der Waals surface area contributed by atoms with Gasteiger partial charge in [-0.25, -0.2) is 4.39 Å². The molecule has 0 bridgehead atoms. The molecule has 7 heteroatoms. The van der Waals surface area contributed by atoms with Gasteiger partial charge in [0, 0.05) is 31.1 Å². The van der Waals surface area contributed by atoms with Crippen molar-refractivity contribution in [2.75, 3.05) is 31.7 Å². The highest BCUT2D eigenvalue weighted by Crippen LogP contribution is 2.26. The summed E-state index contributed by atoms with van der Waals surface area (Å²) in [6.45, 7) is 0.612. The molecule has 3 rings (SSSR count). The van der Waals surface area contributed by atoms with Gasteiger partial charge in [-0.3, -0.25) is 9.59 Å². The maximum absolute atomic E-state index is 13.5. The van der Waals surface area contributed by atoms with Crippen LogP contribution in [-0.2, 0) is 9.59 Å². The summed E-state index contributed by atoms with van der Waals surface area (Å²) in [7, 11) is 1.59. The van der Waals surface area contributed by atoms with Crippen LogP contribution < -0.4 is 19.7 Å². The number of anilines is 1. The summed E-state index contributed by atoms with van der Waals surface area (Å²) in [6.07, 6.45) is 0.362. The molecule has 6 nitrogen and oxygen atoms in total. The van der Waals surface area contributed by atoms with Crippen LogP contribution in [0.1, 0.15) is 6.42 Å². The molecule has 1 N–H and O–H groups in total. The average molecular weight is 372 g/mol. The van der Waals surface area contributed by atoms with Crippen LogP contribution in [0, 0.1) is 11.7 Å². The second-order valence-corrected chi connectivity index (χ2v) is 6.30. The zero-order chi connectivity index (χ0) is 19.2. The lowest BCUT2D eigenvalue weighted by atomic mass is 10.1. The number of benzene rings is 2. The van der Waals surface area contributed by atoms with E-state index in [4.69, 9.17) is 9.47 Å². The molecule has 1 aliphatic heterocycles. The second kappa shape index (κ2) is 8.53. The van der Waals surface area contributed by atoms with Gasteiger partial charge in [-0.05, 0) is 36.4 Å². The highest BCUT2D eigenvalue weighted by molar-refractivity contribution is 5.95. The first-order chi connectivity index (χ1) is 13.1. The third kappa shape index (κ3) is 4.75. The van der Waals surface area contributed by atoms with Crippen LogP contribution in [0.15, 0.2) is 48.5 Å². The zero-order valence-corrected chi connectivity index (χ0v) is 15.0. The van der Waals surface area contributed by atoms with Crippen LogP contribution in [0.5, 0.6) is 11.5 Å². The average Bonchev–Trinajstić information content (AvgIpc) is 3.06. The number of para-hydroxylation sites is 1. The van der Waals surface area contributed by atoms with Crippen LogP contribution in [-0.4, -0.2) is 38.6 Å². The standard InChI is InChI=1S/C20H21FN2O4/c1-26-16-8-6-15(7-9-16)23-12-14(10-20(23)25)11-22-19(24)13-27-18-5-3-2-4-17(18)21/h2-9,14H,10-13H2,1H3,(H,22,24). The normalized spacial score (nSPS) is 16.3. The Balaban J connectivity index is 1.46. The highest BCUT2D eigenvalue weighted by Gasteiger charge is 2.30. The first kappa shape index (κ1) is 18.7. The summed E-state index contributed by atoms with van der Waals surface area (Å²) in [6, 6.07) is 13.2. The Hall–Kier alpha value is -3.09. The van der Waals surface area contributed by atoms with E-state index in [1.807, 2.05) is 12.1 Å². The topological polar surface area (TPSA) is 67.9 Å². The van der Waals surface area contributed by atoms with Crippen molar-refractivity contribution >= 4 is 17.5 Å². The number of carbonyl (C=O) groups excluding carboxylic acids is 2. The summed E-state index contributed by atoms with van der Waals surface area (Å²) in [5.41, 5.74) is 0.803. The van der Waals surface area contributed by atoms with Gasteiger partial charge in [0.2, 0.25) is 5.91 Å². The van der Waals surface area contributed by atoms with Crippen molar-refractivity contribution in [1.29, 1.82) is 0 Å². The molecular formula is C20H21FN2O4. The molecule has 2 aromatic carbocycles. The molecule has 1 fully saturated rings. The SMILES string of the molecule is COc1ccc(N2CC(CNC(=O)COc3ccccc3F)CC2=O)cc1. The molecule has 0 aromatic heterocycles. The van der Waals surface area contributed by atoms with Gasteiger partial charge in [-0.15, -0.1) is 0 Å². The second-order valence-electron chi connectivity index (χ2n) is 6.30. The molecule has 27 heavy (non-hydrogen) atoms. The molecule has 1 atom stereocenters. The van der Waals surface area contributed by atoms with Crippen molar-refractivity contribution in [2.24, 2.45) is 5.92 Å². The van der Waals surface area contributed by atoms with Crippen molar-refractivity contribution in [1.82, 2.24) is 5.32 Å². The summed E-state index contributed by atoms with van der Waals surface area (Å²) < 4.78 is 23.8. The molecule has 1 saturated heterocycles. The van der Waals surface area contributed by atoms with Crippen molar-refractivity contribution in [2.45, 2.75) is 6.42 Å². The summed E-state index contributed by atoms with van der Waals surface area (Å²) >= 11 is 0. The molecule has 1 aliphatic rings. The Morgan fingerprint density at radius 3 is 2.67 bits per heavy atom. The van der Waals surface area contributed by atoms with Crippen molar-refractivity contribution in [3.8, 4) is 11.5 Å². The molecule has 0 radical (unpaired) electrons. The minimum atomic E-state index is -0.512. The van der Waals surface area contributed by atoms with Gasteiger partial charge in [0.25, 0.3) is 5.91 Å². The van der Waals surface area contributed by atoms with Crippen molar-refractivity contribution in [3.63, 3.8) is 0 Å². The highest BCUT2D eigenvalue weighted by atomic mass is 19.1. The van der Waals surface area contributed by atoms with Crippen LogP contribution in [0.4, 0.5) is 10.1 Å². The Kier molecular flexibility index (Phi) is 5.90. The number of ether oxygens (including phenoxy) is 2. The molecule has 0 aliphatic carbocycles. The quantitative estimate of drug-likeness (QED) is 0.810. The minimum absolute atomic E-state index is 0.0111. The predicted octanol–water partition coefficient (Wildman–Crippen LogP) is 2.38. The number of nitrogens with zero attached hydrogens (tertiary/aromatic N) is 1. The van der Waals surface area contributed by atoms with E-state index in [9.17, 15) is 14.0 Å². The first-order valence-corrected chi connectivity index (χ1v) is 8.65. The van der Waals surface area contributed by atoms with Crippen LogP contribution >= 0.6 is 0 Å². The lowest BCUT2D eigenvalue weighted by molar-refractivity contribution is -0.123. The molecule has 142 valence electrons. The molecule has 1 heterocycles. The van der Waals surface area contributed by atoms with E-state index >= 15 is 0 Å². The van der Waals surface area contributed by atoms with Crippen molar-refractivity contribution < 1.29 is 23.5 Å². The van der Waals surface area contributed by atoms with E-state index in [2.05, 4.69) is 5.32 Å². The maximum Gasteiger partial charge on any atom is 0.257 e. The number of carbonyl (C=O) groups is 2. The van der Waals surface area contributed by atoms with E-state index in [1.165, 1.54) is 12.1 Å². The minimum Gasteiger partial charge on any atom is -0.497 e. The van der Waals surface area contributed by atoms with Gasteiger partial charge in [0.1, 0.15) is 5.75 Å². The van der Waals surface area contributed by atoms with Crippen LogP contribution in [0.2, 0.25) is 0 Å². The van der Waals surface area contributed by atoms with Gasteiger partial charge in [-0.1, -0.05) is 12.1 Å². The van der Waals surface area contributed by atoms with Gasteiger partial charge in [-0.2, -0.15) is 0 Å². The van der Waals surface area contributed by atoms with E-state index < -0.39 is 5.82 Å². The fourth-order valence-electron chi connectivity index (χ4n) is 2.94. The number of halogens is 1. The summed E-state index contributed by atoms with van der Waals surface area (Å²) in [5, 5.41) is 2.74. The smallest absolute Gasteiger partial charge is 0.257 e. The van der Waals surface area contributed by atoms with Crippen LogP contribution in [0.3, 0.4) is 0 Å². The van der Waals surface area contributed by atoms with E-state index in [0.717, 1.165) is 11.4 Å². The number of hydrogen-bond acceptors (Lipinski definition) is 4. The third-order valence-electron chi connectivity index (χ3n) is 4.37. The Morgan fingerprint density at radius 1 is 1.22 bits per heavy atom. The number of methoxy groups -OCH3 is 1. The Labute approximate surface area is 156 Å². The van der Waals surface area contributed by atoms with Gasteiger partial charge < -0.3 is 19.7 Å². The van der Waals surface area contributed by atoms with Gasteiger partial charge in [0.15, 0.2) is 18.2 Å². The molecule has 0 spiro atoms. The first-order valence-electron chi connectivity index (χ1n) is 8.65. The molecule has 1 unspecified atom stereocenters. The van der Waals surface area contributed by atoms with Gasteiger partial charge in [0.05, 0.1) is 7.11 Å². The monoisotopic (exact) mass is 372 g/mol. The largest absolute Gasteiger partial charge is 0.497 e. The lowest BCUT2D eigenvalue weighted by Crippen LogP contribution is -2.34. The lowest BCUT2D eigenvalue weighted by Gasteiger charge is -2.17. The summed E-state index contributed by atoms with van der Waals surface area (Å²) in [5.74, 6) is -0.0760. The fraction of sp³-hybridized carbons (Fsp3) is 0.300. The number of hydrogen-bond donors (Lipinski definition) is 1. The number of rotatable bonds is 7. The Bertz CT molecular complexity index is 810. The predicted molar refractivity (Wildman–Crippen MR) is 98.4 cm³/mol. The molecule has 2 aromatic rings. The molecular weight excluding hydrogens is 351 g/mol. The van der Waals surface area contributed by atoms with Crippen molar-refractivity contribution in [3.05, 3.63) is 54.3 Å². The third-order valence-corrected chi connectivity index (χ3v) is 4.37. The van der Waals surface area contributed by atoms with Gasteiger partial charge >= 0.3 is 0 Å². The number of amides is 2. The van der Waals surface area contributed by atoms with E-state index in [1.54, 1.807) is 36.3 Å². The van der Waals surface area contributed by atoms with E-state index in [-0.39, 0.29) is 30.1 Å². The maximum atomic E-state index is 13.5. The summed E-state index contributed by atoms with van der Waals surface area (Å²) in [4.78, 5) is 25.9.